The standard InChI is InChI=1S/C16H11BrFNO2/c1-21-11-5-2-10(3-6-11)4-7-16(20)12-8-14(18)13(17)9-15(12)19/h2-3,5-6,8-9H,19H2,1H3. The summed E-state index contributed by atoms with van der Waals surface area (Å²) in [4.78, 5) is 12.0. The van der Waals surface area contributed by atoms with Crippen LogP contribution in [0.25, 0.3) is 0 Å². The maximum absolute atomic E-state index is 13.4. The number of ether oxygens (including phenoxy) is 1. The number of ketones is 1. The van der Waals surface area contributed by atoms with Gasteiger partial charge in [-0.3, -0.25) is 4.79 Å². The van der Waals surface area contributed by atoms with Crippen LogP contribution in [0.2, 0.25) is 0 Å². The summed E-state index contributed by atoms with van der Waals surface area (Å²) in [6.07, 6.45) is 0. The van der Waals surface area contributed by atoms with Crippen LogP contribution in [0.5, 0.6) is 5.75 Å². The van der Waals surface area contributed by atoms with E-state index in [0.29, 0.717) is 11.3 Å². The first kappa shape index (κ1) is 15.1. The molecule has 2 N–H and O–H groups in total. The fourth-order valence-corrected chi connectivity index (χ4v) is 1.99. The van der Waals surface area contributed by atoms with Gasteiger partial charge in [-0.05, 0) is 58.2 Å². The molecule has 0 aliphatic carbocycles. The Bertz CT molecular complexity index is 745. The molecule has 106 valence electrons. The molecule has 21 heavy (non-hydrogen) atoms. The smallest absolute Gasteiger partial charge is 0.238 e. The van der Waals surface area contributed by atoms with E-state index in [4.69, 9.17) is 10.5 Å². The van der Waals surface area contributed by atoms with Gasteiger partial charge in [-0.15, -0.1) is 0 Å². The zero-order valence-corrected chi connectivity index (χ0v) is 12.7. The number of hydrogen-bond donors (Lipinski definition) is 1. The van der Waals surface area contributed by atoms with E-state index in [-0.39, 0.29) is 15.7 Å². The van der Waals surface area contributed by atoms with Crippen LogP contribution in [-0.4, -0.2) is 12.9 Å². The molecule has 0 fully saturated rings. The Balaban J connectivity index is 2.26. The third kappa shape index (κ3) is 3.61. The fraction of sp³-hybridized carbons (Fsp3) is 0.0625. The van der Waals surface area contributed by atoms with E-state index < -0.39 is 11.6 Å². The summed E-state index contributed by atoms with van der Waals surface area (Å²) in [5.41, 5.74) is 6.58. The minimum atomic E-state index is -0.557. The molecule has 0 saturated heterocycles. The van der Waals surface area contributed by atoms with Crippen LogP contribution >= 0.6 is 15.9 Å². The number of nitrogen functional groups attached to an aromatic ring is 1. The molecule has 0 unspecified atom stereocenters. The van der Waals surface area contributed by atoms with Crippen molar-refractivity contribution in [2.24, 2.45) is 0 Å². The lowest BCUT2D eigenvalue weighted by atomic mass is 10.1. The Kier molecular flexibility index (Phi) is 4.61. The van der Waals surface area contributed by atoms with Crippen molar-refractivity contribution in [2.75, 3.05) is 12.8 Å². The number of methoxy groups -OCH3 is 1. The molecule has 0 heterocycles. The average molecular weight is 348 g/mol. The van der Waals surface area contributed by atoms with E-state index >= 15 is 0 Å². The lowest BCUT2D eigenvalue weighted by Crippen LogP contribution is -2.02. The van der Waals surface area contributed by atoms with Crippen LogP contribution in [0, 0.1) is 17.7 Å². The number of hydrogen-bond acceptors (Lipinski definition) is 3. The van der Waals surface area contributed by atoms with E-state index in [1.165, 1.54) is 6.07 Å². The molecule has 0 aliphatic heterocycles. The van der Waals surface area contributed by atoms with Gasteiger partial charge in [0.15, 0.2) is 0 Å². The molecule has 0 amide bonds. The number of rotatable bonds is 2. The number of benzene rings is 2. The molecular formula is C16H11BrFNO2. The van der Waals surface area contributed by atoms with Crippen molar-refractivity contribution >= 4 is 27.4 Å². The number of anilines is 1. The molecule has 3 nitrogen and oxygen atoms in total. The van der Waals surface area contributed by atoms with Crippen LogP contribution in [0.1, 0.15) is 15.9 Å². The highest BCUT2D eigenvalue weighted by Crippen LogP contribution is 2.22. The third-order valence-electron chi connectivity index (χ3n) is 2.75. The molecule has 2 aromatic carbocycles. The zero-order valence-electron chi connectivity index (χ0n) is 11.1. The maximum atomic E-state index is 13.4. The van der Waals surface area contributed by atoms with E-state index in [2.05, 4.69) is 27.8 Å². The first-order chi connectivity index (χ1) is 10.0. The monoisotopic (exact) mass is 347 g/mol. The van der Waals surface area contributed by atoms with Gasteiger partial charge in [0.25, 0.3) is 0 Å². The predicted molar refractivity (Wildman–Crippen MR) is 82.7 cm³/mol. The van der Waals surface area contributed by atoms with Gasteiger partial charge in [0.1, 0.15) is 11.6 Å². The number of nitrogens with two attached hydrogens (primary N) is 1. The van der Waals surface area contributed by atoms with Gasteiger partial charge in [0.05, 0.1) is 17.1 Å². The molecular weight excluding hydrogens is 337 g/mol. The zero-order chi connectivity index (χ0) is 15.4. The van der Waals surface area contributed by atoms with Crippen molar-refractivity contribution in [1.29, 1.82) is 0 Å². The number of carbonyl (C=O) groups excluding carboxylic acids is 1. The van der Waals surface area contributed by atoms with Gasteiger partial charge in [0, 0.05) is 11.3 Å². The highest BCUT2D eigenvalue weighted by atomic mass is 79.9. The molecule has 2 rings (SSSR count). The topological polar surface area (TPSA) is 52.3 Å². The van der Waals surface area contributed by atoms with Crippen LogP contribution in [0.15, 0.2) is 40.9 Å². The summed E-state index contributed by atoms with van der Waals surface area (Å²) in [6, 6.07) is 9.35. The van der Waals surface area contributed by atoms with Crippen molar-refractivity contribution in [3.63, 3.8) is 0 Å². The van der Waals surface area contributed by atoms with E-state index in [1.807, 2.05) is 0 Å². The quantitative estimate of drug-likeness (QED) is 0.514. The highest BCUT2D eigenvalue weighted by molar-refractivity contribution is 9.10. The third-order valence-corrected chi connectivity index (χ3v) is 3.36. The van der Waals surface area contributed by atoms with Crippen molar-refractivity contribution in [3.8, 4) is 17.6 Å². The van der Waals surface area contributed by atoms with Crippen molar-refractivity contribution in [2.45, 2.75) is 0 Å². The first-order valence-corrected chi connectivity index (χ1v) is 6.75. The average Bonchev–Trinajstić information content (AvgIpc) is 2.49. The number of halogens is 2. The minimum absolute atomic E-state index is 0.0525. The van der Waals surface area contributed by atoms with E-state index in [1.54, 1.807) is 31.4 Å². The molecule has 0 atom stereocenters. The van der Waals surface area contributed by atoms with Crippen molar-refractivity contribution in [1.82, 2.24) is 0 Å². The minimum Gasteiger partial charge on any atom is -0.497 e. The van der Waals surface area contributed by atoms with Gasteiger partial charge in [-0.2, -0.15) is 0 Å². The Morgan fingerprint density at radius 3 is 2.57 bits per heavy atom. The Morgan fingerprint density at radius 2 is 1.95 bits per heavy atom. The Hall–Kier alpha value is -2.32. The molecule has 5 heteroatoms. The molecule has 2 aromatic rings. The summed E-state index contributed by atoms with van der Waals surface area (Å²) in [7, 11) is 1.56. The second-order valence-corrected chi connectivity index (χ2v) is 5.02. The summed E-state index contributed by atoms with van der Waals surface area (Å²) >= 11 is 3.00. The second-order valence-electron chi connectivity index (χ2n) is 4.16. The predicted octanol–water partition coefficient (Wildman–Crippen LogP) is 3.41. The molecule has 0 aromatic heterocycles. The molecule has 0 bridgehead atoms. The van der Waals surface area contributed by atoms with Crippen molar-refractivity contribution < 1.29 is 13.9 Å². The van der Waals surface area contributed by atoms with Gasteiger partial charge in [-0.25, -0.2) is 4.39 Å². The molecule has 0 saturated carbocycles. The van der Waals surface area contributed by atoms with Crippen LogP contribution < -0.4 is 10.5 Å². The van der Waals surface area contributed by atoms with E-state index in [0.717, 1.165) is 6.07 Å². The SMILES string of the molecule is COc1ccc(C#CC(=O)c2cc(F)c(Br)cc2N)cc1. The van der Waals surface area contributed by atoms with Gasteiger partial charge >= 0.3 is 0 Å². The molecule has 0 aliphatic rings. The number of carbonyl (C=O) groups is 1. The lowest BCUT2D eigenvalue weighted by Gasteiger charge is -2.02. The van der Waals surface area contributed by atoms with E-state index in [9.17, 15) is 9.18 Å². The lowest BCUT2D eigenvalue weighted by molar-refractivity contribution is 0.105. The molecule has 0 spiro atoms. The summed E-state index contributed by atoms with van der Waals surface area (Å²) < 4.78 is 18.7. The maximum Gasteiger partial charge on any atom is 0.238 e. The van der Waals surface area contributed by atoms with Gasteiger partial charge in [-0.1, -0.05) is 5.92 Å². The summed E-state index contributed by atoms with van der Waals surface area (Å²) in [5.74, 6) is 4.77. The van der Waals surface area contributed by atoms with Gasteiger partial charge in [0.2, 0.25) is 5.78 Å². The number of Topliss-reactive ketones (excluding diaryl/α,β-unsaturated/α-hetero) is 1. The fourth-order valence-electron chi connectivity index (χ4n) is 1.63. The van der Waals surface area contributed by atoms with Crippen LogP contribution in [0.4, 0.5) is 10.1 Å². The van der Waals surface area contributed by atoms with Crippen LogP contribution in [0.3, 0.4) is 0 Å². The summed E-state index contributed by atoms with van der Waals surface area (Å²) in [5, 5.41) is 0. The normalized spacial score (nSPS) is 9.67. The highest BCUT2D eigenvalue weighted by Gasteiger charge is 2.11. The van der Waals surface area contributed by atoms with Crippen LogP contribution in [-0.2, 0) is 0 Å². The van der Waals surface area contributed by atoms with Gasteiger partial charge < -0.3 is 10.5 Å². The molecule has 0 radical (unpaired) electrons. The second kappa shape index (κ2) is 6.42. The largest absolute Gasteiger partial charge is 0.497 e. The van der Waals surface area contributed by atoms with Crippen molar-refractivity contribution in [3.05, 3.63) is 57.8 Å². The Morgan fingerprint density at radius 1 is 1.29 bits per heavy atom. The first-order valence-electron chi connectivity index (χ1n) is 5.96. The summed E-state index contributed by atoms with van der Waals surface area (Å²) in [6.45, 7) is 0. The Labute approximate surface area is 130 Å².